The highest BCUT2D eigenvalue weighted by atomic mass is 32.1. The molecule has 0 aliphatic carbocycles. The lowest BCUT2D eigenvalue weighted by atomic mass is 10.2. The molecular formula is C15H20N6S2. The second-order valence-electron chi connectivity index (χ2n) is 5.60. The van der Waals surface area contributed by atoms with Crippen molar-refractivity contribution in [2.45, 2.75) is 39.7 Å². The van der Waals surface area contributed by atoms with E-state index in [2.05, 4.69) is 52.3 Å². The quantitative estimate of drug-likeness (QED) is 0.664. The maximum Gasteiger partial charge on any atom is 0.195 e. The van der Waals surface area contributed by atoms with Gasteiger partial charge in [0.05, 0.1) is 5.39 Å². The first-order valence-corrected chi connectivity index (χ1v) is 9.02. The van der Waals surface area contributed by atoms with Gasteiger partial charge in [0.25, 0.3) is 0 Å². The lowest BCUT2D eigenvalue weighted by molar-refractivity contribution is 0.631. The number of thiophene rings is 1. The number of aromatic amines is 1. The fourth-order valence-corrected chi connectivity index (χ4v) is 3.48. The Morgan fingerprint density at radius 1 is 1.39 bits per heavy atom. The summed E-state index contributed by atoms with van der Waals surface area (Å²) in [5.74, 6) is 3.08. The number of H-pyrrole nitrogens is 1. The van der Waals surface area contributed by atoms with Crippen LogP contribution in [0.2, 0.25) is 0 Å². The van der Waals surface area contributed by atoms with E-state index < -0.39 is 0 Å². The third kappa shape index (κ3) is 3.28. The molecule has 0 aromatic carbocycles. The second kappa shape index (κ2) is 6.76. The highest BCUT2D eigenvalue weighted by molar-refractivity contribution is 7.71. The number of rotatable bonds is 6. The van der Waals surface area contributed by atoms with Crippen molar-refractivity contribution < 1.29 is 0 Å². The van der Waals surface area contributed by atoms with Gasteiger partial charge in [-0.05, 0) is 23.7 Å². The Bertz CT molecular complexity index is 860. The average Bonchev–Trinajstić information content (AvgIpc) is 3.14. The molecule has 6 nitrogen and oxygen atoms in total. The standard InChI is InChI=1S/C15H20N6S2/c1-4-11-17-12(10-5-8-23-14(10)18-11)16-6-7-21-13(9(2)3)19-20-15(21)22/h5,8-9H,4,6-7H2,1-3H3,(H,20,22)(H,16,17,18). The molecule has 0 saturated carbocycles. The third-order valence-electron chi connectivity index (χ3n) is 3.62. The minimum atomic E-state index is 0.331. The van der Waals surface area contributed by atoms with Crippen molar-refractivity contribution in [3.8, 4) is 0 Å². The number of hydrogen-bond acceptors (Lipinski definition) is 6. The molecule has 0 unspecified atom stereocenters. The molecule has 0 atom stereocenters. The Morgan fingerprint density at radius 2 is 2.22 bits per heavy atom. The number of fused-ring (bicyclic) bond motifs is 1. The molecule has 3 aromatic rings. The summed E-state index contributed by atoms with van der Waals surface area (Å²) >= 11 is 6.96. The Labute approximate surface area is 144 Å². The minimum Gasteiger partial charge on any atom is -0.368 e. The van der Waals surface area contributed by atoms with E-state index in [-0.39, 0.29) is 0 Å². The van der Waals surface area contributed by atoms with E-state index in [1.54, 1.807) is 11.3 Å². The number of nitrogens with zero attached hydrogens (tertiary/aromatic N) is 4. The molecular weight excluding hydrogens is 328 g/mol. The molecule has 3 aromatic heterocycles. The van der Waals surface area contributed by atoms with Gasteiger partial charge in [0, 0.05) is 25.4 Å². The van der Waals surface area contributed by atoms with Gasteiger partial charge in [-0.1, -0.05) is 20.8 Å². The summed E-state index contributed by atoms with van der Waals surface area (Å²) in [4.78, 5) is 10.2. The lowest BCUT2D eigenvalue weighted by Gasteiger charge is -2.11. The van der Waals surface area contributed by atoms with Crippen molar-refractivity contribution in [1.29, 1.82) is 0 Å². The number of aryl methyl sites for hydroxylation is 1. The van der Waals surface area contributed by atoms with E-state index in [9.17, 15) is 0 Å². The summed E-state index contributed by atoms with van der Waals surface area (Å²) in [6.07, 6.45) is 0.826. The van der Waals surface area contributed by atoms with Crippen LogP contribution in [0.25, 0.3) is 10.2 Å². The molecule has 23 heavy (non-hydrogen) atoms. The summed E-state index contributed by atoms with van der Waals surface area (Å²) < 4.78 is 2.70. The predicted octanol–water partition coefficient (Wildman–Crippen LogP) is 3.74. The van der Waals surface area contributed by atoms with E-state index in [1.807, 2.05) is 9.95 Å². The Morgan fingerprint density at radius 3 is 2.96 bits per heavy atom. The van der Waals surface area contributed by atoms with Crippen molar-refractivity contribution in [1.82, 2.24) is 24.7 Å². The SMILES string of the molecule is CCc1nc(NCCn2c(C(C)C)n[nH]c2=S)c2ccsc2n1. The molecule has 0 bridgehead atoms. The van der Waals surface area contributed by atoms with Crippen LogP contribution >= 0.6 is 23.6 Å². The van der Waals surface area contributed by atoms with E-state index in [1.165, 1.54) is 0 Å². The van der Waals surface area contributed by atoms with Gasteiger partial charge in [0.15, 0.2) is 4.77 Å². The van der Waals surface area contributed by atoms with Gasteiger partial charge in [-0.15, -0.1) is 11.3 Å². The maximum absolute atomic E-state index is 5.32. The maximum atomic E-state index is 5.32. The first-order valence-electron chi connectivity index (χ1n) is 7.73. The van der Waals surface area contributed by atoms with Gasteiger partial charge in [0.2, 0.25) is 0 Å². The Kier molecular flexibility index (Phi) is 4.72. The van der Waals surface area contributed by atoms with Crippen LogP contribution in [0.1, 0.15) is 38.3 Å². The summed E-state index contributed by atoms with van der Waals surface area (Å²) in [6.45, 7) is 7.78. The molecule has 2 N–H and O–H groups in total. The monoisotopic (exact) mass is 348 g/mol. The molecule has 0 saturated heterocycles. The summed E-state index contributed by atoms with van der Waals surface area (Å²) in [7, 11) is 0. The van der Waals surface area contributed by atoms with Crippen molar-refractivity contribution >= 4 is 39.6 Å². The molecule has 0 spiro atoms. The molecule has 0 fully saturated rings. The van der Waals surface area contributed by atoms with Gasteiger partial charge in [-0.3, -0.25) is 5.10 Å². The molecule has 3 rings (SSSR count). The van der Waals surface area contributed by atoms with Crippen molar-refractivity contribution in [3.63, 3.8) is 0 Å². The minimum absolute atomic E-state index is 0.331. The molecule has 0 radical (unpaired) electrons. The molecule has 8 heteroatoms. The van der Waals surface area contributed by atoms with Crippen molar-refractivity contribution in [3.05, 3.63) is 27.9 Å². The fraction of sp³-hybridized carbons (Fsp3) is 0.467. The fourth-order valence-electron chi connectivity index (χ4n) is 2.47. The summed E-state index contributed by atoms with van der Waals surface area (Å²) in [5, 5.41) is 13.7. The normalized spacial score (nSPS) is 11.5. The third-order valence-corrected chi connectivity index (χ3v) is 4.74. The van der Waals surface area contributed by atoms with Gasteiger partial charge >= 0.3 is 0 Å². The molecule has 0 aliphatic heterocycles. The number of hydrogen-bond donors (Lipinski definition) is 2. The van der Waals surface area contributed by atoms with Crippen molar-refractivity contribution in [2.24, 2.45) is 0 Å². The summed E-state index contributed by atoms with van der Waals surface area (Å²) in [6, 6.07) is 2.06. The second-order valence-corrected chi connectivity index (χ2v) is 6.88. The van der Waals surface area contributed by atoms with E-state index in [0.29, 0.717) is 10.7 Å². The zero-order valence-electron chi connectivity index (χ0n) is 13.5. The van der Waals surface area contributed by atoms with Gasteiger partial charge < -0.3 is 9.88 Å². The zero-order chi connectivity index (χ0) is 16.4. The summed E-state index contributed by atoms with van der Waals surface area (Å²) in [5.41, 5.74) is 0. The molecule has 0 amide bonds. The lowest BCUT2D eigenvalue weighted by Crippen LogP contribution is -2.15. The van der Waals surface area contributed by atoms with Crippen LogP contribution in [0.3, 0.4) is 0 Å². The first kappa shape index (κ1) is 16.1. The predicted molar refractivity (Wildman–Crippen MR) is 96.8 cm³/mol. The number of nitrogens with one attached hydrogen (secondary N) is 2. The van der Waals surface area contributed by atoms with Gasteiger partial charge in [-0.2, -0.15) is 5.10 Å². The Balaban J connectivity index is 1.78. The van der Waals surface area contributed by atoms with Crippen molar-refractivity contribution in [2.75, 3.05) is 11.9 Å². The highest BCUT2D eigenvalue weighted by Gasteiger charge is 2.11. The van der Waals surface area contributed by atoms with Crippen LogP contribution in [0.15, 0.2) is 11.4 Å². The molecule has 122 valence electrons. The Hall–Kier alpha value is -1.80. The molecule has 0 aliphatic rings. The average molecular weight is 349 g/mol. The van der Waals surface area contributed by atoms with Crippen LogP contribution in [0.5, 0.6) is 0 Å². The zero-order valence-corrected chi connectivity index (χ0v) is 15.1. The van der Waals surface area contributed by atoms with E-state index in [0.717, 1.165) is 47.2 Å². The first-order chi connectivity index (χ1) is 11.1. The highest BCUT2D eigenvalue weighted by Crippen LogP contribution is 2.25. The van der Waals surface area contributed by atoms with Crippen LogP contribution < -0.4 is 5.32 Å². The van der Waals surface area contributed by atoms with E-state index >= 15 is 0 Å². The largest absolute Gasteiger partial charge is 0.368 e. The van der Waals surface area contributed by atoms with Crippen LogP contribution in [0, 0.1) is 4.77 Å². The number of aromatic nitrogens is 5. The number of anilines is 1. The van der Waals surface area contributed by atoms with E-state index in [4.69, 9.17) is 12.2 Å². The topological polar surface area (TPSA) is 71.4 Å². The van der Waals surface area contributed by atoms with Gasteiger partial charge in [0.1, 0.15) is 22.3 Å². The van der Waals surface area contributed by atoms with Crippen LogP contribution in [-0.2, 0) is 13.0 Å². The van der Waals surface area contributed by atoms with Crippen LogP contribution in [-0.4, -0.2) is 31.3 Å². The van der Waals surface area contributed by atoms with Crippen LogP contribution in [0.4, 0.5) is 5.82 Å². The molecule has 3 heterocycles. The smallest absolute Gasteiger partial charge is 0.195 e. The van der Waals surface area contributed by atoms with Gasteiger partial charge in [-0.25, -0.2) is 9.97 Å².